The van der Waals surface area contributed by atoms with Gasteiger partial charge in [-0.25, -0.2) is 4.39 Å². The average molecular weight is 374 g/mol. The molecule has 0 spiro atoms. The van der Waals surface area contributed by atoms with Gasteiger partial charge in [0.25, 0.3) is 5.91 Å². The minimum atomic E-state index is -0.608. The van der Waals surface area contributed by atoms with Gasteiger partial charge in [-0.2, -0.15) is 0 Å². The van der Waals surface area contributed by atoms with Gasteiger partial charge in [-0.1, -0.05) is 6.07 Å². The summed E-state index contributed by atoms with van der Waals surface area (Å²) in [6.07, 6.45) is 0.566. The summed E-state index contributed by atoms with van der Waals surface area (Å²) in [7, 11) is 1.54. The van der Waals surface area contributed by atoms with E-state index in [-0.39, 0.29) is 17.7 Å². The highest BCUT2D eigenvalue weighted by Gasteiger charge is 2.30. The number of rotatable bonds is 6. The molecule has 3 N–H and O–H groups in total. The fourth-order valence-corrected chi connectivity index (χ4v) is 2.95. The summed E-state index contributed by atoms with van der Waals surface area (Å²) in [6.45, 7) is 2.30. The number of anilines is 1. The van der Waals surface area contributed by atoms with Crippen LogP contribution >= 0.6 is 0 Å². The summed E-state index contributed by atoms with van der Waals surface area (Å²) in [5.41, 5.74) is 6.82. The maximum absolute atomic E-state index is 13.7. The zero-order chi connectivity index (χ0) is 19.4. The molecule has 0 unspecified atom stereocenters. The molecule has 0 radical (unpaired) electrons. The second-order valence-electron chi connectivity index (χ2n) is 6.45. The molecule has 1 fully saturated rings. The van der Waals surface area contributed by atoms with E-state index >= 15 is 0 Å². The molecule has 1 heterocycles. The minimum absolute atomic E-state index is 0.124. The molecule has 0 saturated carbocycles. The van der Waals surface area contributed by atoms with Gasteiger partial charge in [0.2, 0.25) is 0 Å². The normalized spacial score (nSPS) is 19.0. The number of aryl methyl sites for hydroxylation is 1. The molecule has 1 saturated heterocycles. The molecular weight excluding hydrogens is 351 g/mol. The van der Waals surface area contributed by atoms with E-state index in [2.05, 4.69) is 5.32 Å². The van der Waals surface area contributed by atoms with Crippen molar-refractivity contribution >= 4 is 11.6 Å². The maximum Gasteiger partial charge on any atom is 0.253 e. The van der Waals surface area contributed by atoms with E-state index in [0.717, 1.165) is 12.0 Å². The Balaban J connectivity index is 1.80. The minimum Gasteiger partial charge on any atom is -0.493 e. The third-order valence-corrected chi connectivity index (χ3v) is 4.40. The van der Waals surface area contributed by atoms with E-state index in [1.165, 1.54) is 18.2 Å². The van der Waals surface area contributed by atoms with Crippen molar-refractivity contribution in [3.63, 3.8) is 0 Å². The Hall–Kier alpha value is -2.64. The van der Waals surface area contributed by atoms with E-state index in [1.54, 1.807) is 13.2 Å². The van der Waals surface area contributed by atoms with Gasteiger partial charge in [0.1, 0.15) is 11.9 Å². The van der Waals surface area contributed by atoms with Crippen LogP contribution < -0.4 is 20.5 Å². The van der Waals surface area contributed by atoms with Crippen molar-refractivity contribution in [2.45, 2.75) is 32.0 Å². The molecule has 2 atom stereocenters. The number of ether oxygens (including phenoxy) is 3. The molecule has 1 aliphatic rings. The predicted molar refractivity (Wildman–Crippen MR) is 99.8 cm³/mol. The molecule has 0 aliphatic carbocycles. The predicted octanol–water partition coefficient (Wildman–Crippen LogP) is 3.38. The number of carbonyl (C=O) groups excluding carboxylic acids is 1. The zero-order valence-corrected chi connectivity index (χ0v) is 15.3. The number of halogens is 1. The van der Waals surface area contributed by atoms with Crippen molar-refractivity contribution in [1.82, 2.24) is 0 Å². The molecule has 1 aliphatic heterocycles. The topological polar surface area (TPSA) is 82.8 Å². The lowest BCUT2D eigenvalue weighted by Gasteiger charge is -2.17. The van der Waals surface area contributed by atoms with Crippen LogP contribution in [0.5, 0.6) is 17.2 Å². The number of carbonyl (C=O) groups is 1. The third-order valence-electron chi connectivity index (χ3n) is 4.40. The summed E-state index contributed by atoms with van der Waals surface area (Å²) in [5, 5.41) is 2.70. The largest absolute Gasteiger partial charge is 0.493 e. The summed E-state index contributed by atoms with van der Waals surface area (Å²) < 4.78 is 30.6. The molecule has 144 valence electrons. The SMILES string of the molecule is COc1cc(C)ccc1Oc1ccc(F)cc1NC(=O)[C@@H]1CC[C@H](CN)O1. The lowest BCUT2D eigenvalue weighted by Crippen LogP contribution is -2.29. The zero-order valence-electron chi connectivity index (χ0n) is 15.3. The molecule has 0 bridgehead atoms. The van der Waals surface area contributed by atoms with Gasteiger partial charge in [0.15, 0.2) is 17.2 Å². The fraction of sp³-hybridized carbons (Fsp3) is 0.350. The van der Waals surface area contributed by atoms with Gasteiger partial charge in [0, 0.05) is 12.6 Å². The maximum atomic E-state index is 13.7. The molecule has 7 heteroatoms. The Kier molecular flexibility index (Phi) is 5.93. The van der Waals surface area contributed by atoms with Gasteiger partial charge >= 0.3 is 0 Å². The summed E-state index contributed by atoms with van der Waals surface area (Å²) in [5.74, 6) is 0.477. The van der Waals surface area contributed by atoms with Crippen LogP contribution in [0.25, 0.3) is 0 Å². The van der Waals surface area contributed by atoms with Crippen LogP contribution in [0.4, 0.5) is 10.1 Å². The highest BCUT2D eigenvalue weighted by molar-refractivity contribution is 5.95. The van der Waals surface area contributed by atoms with Gasteiger partial charge in [-0.15, -0.1) is 0 Å². The molecule has 27 heavy (non-hydrogen) atoms. The molecular formula is C20H23FN2O4. The van der Waals surface area contributed by atoms with Crippen LogP contribution in [0, 0.1) is 12.7 Å². The molecule has 0 aromatic heterocycles. The van der Waals surface area contributed by atoms with Crippen molar-refractivity contribution in [3.05, 3.63) is 47.8 Å². The van der Waals surface area contributed by atoms with Gasteiger partial charge in [-0.3, -0.25) is 4.79 Å². The summed E-state index contributed by atoms with van der Waals surface area (Å²) in [6, 6.07) is 9.40. The van der Waals surface area contributed by atoms with Crippen molar-refractivity contribution in [2.75, 3.05) is 19.0 Å². The first-order valence-corrected chi connectivity index (χ1v) is 8.78. The van der Waals surface area contributed by atoms with Gasteiger partial charge in [-0.05, 0) is 49.6 Å². The van der Waals surface area contributed by atoms with Crippen LogP contribution in [0.1, 0.15) is 18.4 Å². The number of nitrogens with two attached hydrogens (primary N) is 1. The summed E-state index contributed by atoms with van der Waals surface area (Å²) in [4.78, 5) is 12.5. The molecule has 6 nitrogen and oxygen atoms in total. The van der Waals surface area contributed by atoms with Gasteiger partial charge < -0.3 is 25.3 Å². The second-order valence-corrected chi connectivity index (χ2v) is 6.45. The van der Waals surface area contributed by atoms with Crippen molar-refractivity contribution in [3.8, 4) is 17.2 Å². The standard InChI is InChI=1S/C20H23FN2O4/c1-12-3-6-17(19(9-12)25-2)27-16-7-4-13(21)10-15(16)23-20(24)18-8-5-14(11-22)26-18/h3-4,6-7,9-10,14,18H,5,8,11,22H2,1-2H3,(H,23,24)/t14-,18+/m1/s1. The Bertz CT molecular complexity index is 828. The van der Waals surface area contributed by atoms with Crippen LogP contribution in [-0.2, 0) is 9.53 Å². The van der Waals surface area contributed by atoms with E-state index in [0.29, 0.717) is 30.2 Å². The first kappa shape index (κ1) is 19.1. The average Bonchev–Trinajstić information content (AvgIpc) is 3.14. The highest BCUT2D eigenvalue weighted by Crippen LogP contribution is 2.36. The monoisotopic (exact) mass is 374 g/mol. The number of amides is 1. The lowest BCUT2D eigenvalue weighted by molar-refractivity contribution is -0.126. The van der Waals surface area contributed by atoms with Crippen molar-refractivity contribution < 1.29 is 23.4 Å². The fourth-order valence-electron chi connectivity index (χ4n) is 2.95. The molecule has 1 amide bonds. The second kappa shape index (κ2) is 8.37. The van der Waals surface area contributed by atoms with Crippen molar-refractivity contribution in [1.29, 1.82) is 0 Å². The molecule has 3 rings (SSSR count). The van der Waals surface area contributed by atoms with E-state index < -0.39 is 11.9 Å². The number of methoxy groups -OCH3 is 1. The number of hydrogen-bond donors (Lipinski definition) is 2. The number of benzene rings is 2. The molecule has 2 aromatic rings. The Morgan fingerprint density at radius 3 is 2.70 bits per heavy atom. The lowest BCUT2D eigenvalue weighted by atomic mass is 10.2. The van der Waals surface area contributed by atoms with Crippen LogP contribution in [0.3, 0.4) is 0 Å². The number of nitrogens with one attached hydrogen (secondary N) is 1. The van der Waals surface area contributed by atoms with Crippen LogP contribution in [-0.4, -0.2) is 31.8 Å². The van der Waals surface area contributed by atoms with Crippen LogP contribution in [0.15, 0.2) is 36.4 Å². The van der Waals surface area contributed by atoms with E-state index in [4.69, 9.17) is 19.9 Å². The van der Waals surface area contributed by atoms with E-state index in [1.807, 2.05) is 19.1 Å². The Labute approximate surface area is 157 Å². The Morgan fingerprint density at radius 1 is 1.22 bits per heavy atom. The highest BCUT2D eigenvalue weighted by atomic mass is 19.1. The van der Waals surface area contributed by atoms with Crippen molar-refractivity contribution in [2.24, 2.45) is 5.73 Å². The van der Waals surface area contributed by atoms with Crippen LogP contribution in [0.2, 0.25) is 0 Å². The first-order valence-electron chi connectivity index (χ1n) is 8.78. The Morgan fingerprint density at radius 2 is 2.00 bits per heavy atom. The summed E-state index contributed by atoms with van der Waals surface area (Å²) >= 11 is 0. The van der Waals surface area contributed by atoms with Gasteiger partial charge in [0.05, 0.1) is 18.9 Å². The smallest absolute Gasteiger partial charge is 0.253 e. The number of hydrogen-bond acceptors (Lipinski definition) is 5. The molecule has 2 aromatic carbocycles. The first-order chi connectivity index (χ1) is 13.0. The quantitative estimate of drug-likeness (QED) is 0.810. The van der Waals surface area contributed by atoms with E-state index in [9.17, 15) is 9.18 Å². The third kappa shape index (κ3) is 4.56.